The summed E-state index contributed by atoms with van der Waals surface area (Å²) in [6.07, 6.45) is 0. The van der Waals surface area contributed by atoms with Crippen LogP contribution >= 0.6 is 15.9 Å². The summed E-state index contributed by atoms with van der Waals surface area (Å²) in [5, 5.41) is 0. The lowest BCUT2D eigenvalue weighted by molar-refractivity contribution is 0.0545. The fraction of sp³-hybridized carbons (Fsp3) is 0.533. The average Bonchev–Trinajstić information content (AvgIpc) is 2.45. The van der Waals surface area contributed by atoms with Gasteiger partial charge in [-0.05, 0) is 41.9 Å². The molecule has 0 aliphatic carbocycles. The van der Waals surface area contributed by atoms with Crippen molar-refractivity contribution in [3.05, 3.63) is 34.1 Å². The monoisotopic (exact) mass is 361 g/mol. The summed E-state index contributed by atoms with van der Waals surface area (Å²) in [5.74, 6) is -0.897. The minimum atomic E-state index is -0.535. The second-order valence-corrected chi connectivity index (χ2v) is 5.14. The van der Waals surface area contributed by atoms with E-state index >= 15 is 0 Å². The first-order chi connectivity index (χ1) is 10.1. The molecule has 21 heavy (non-hydrogen) atoms. The van der Waals surface area contributed by atoms with E-state index in [-0.39, 0.29) is 11.5 Å². The van der Waals surface area contributed by atoms with Crippen LogP contribution in [0.2, 0.25) is 0 Å². The Balaban J connectivity index is 2.82. The summed E-state index contributed by atoms with van der Waals surface area (Å²) in [7, 11) is 0. The van der Waals surface area contributed by atoms with Gasteiger partial charge < -0.3 is 14.4 Å². The van der Waals surface area contributed by atoms with E-state index in [4.69, 9.17) is 9.47 Å². The van der Waals surface area contributed by atoms with Crippen molar-refractivity contribution in [3.63, 3.8) is 0 Å². The third-order valence-corrected chi connectivity index (χ3v) is 3.54. The topological polar surface area (TPSA) is 38.8 Å². The zero-order valence-electron chi connectivity index (χ0n) is 12.4. The highest BCUT2D eigenvalue weighted by molar-refractivity contribution is 9.10. The summed E-state index contributed by atoms with van der Waals surface area (Å²) < 4.78 is 24.9. The maximum absolute atomic E-state index is 13.9. The minimum absolute atomic E-state index is 0.0468. The van der Waals surface area contributed by atoms with Gasteiger partial charge in [0, 0.05) is 30.8 Å². The minimum Gasteiger partial charge on any atom is -0.380 e. The summed E-state index contributed by atoms with van der Waals surface area (Å²) in [6.45, 7) is 6.58. The molecule has 0 heterocycles. The molecule has 1 aromatic rings. The molecule has 0 N–H and O–H groups in total. The second-order valence-electron chi connectivity index (χ2n) is 4.28. The number of rotatable bonds is 9. The molecular weight excluding hydrogens is 341 g/mol. The summed E-state index contributed by atoms with van der Waals surface area (Å²) >= 11 is 3.23. The molecule has 1 aromatic carbocycles. The van der Waals surface area contributed by atoms with Crippen molar-refractivity contribution in [3.8, 4) is 0 Å². The van der Waals surface area contributed by atoms with Crippen molar-refractivity contribution in [2.24, 2.45) is 0 Å². The van der Waals surface area contributed by atoms with E-state index in [0.717, 1.165) is 0 Å². The number of hydrogen-bond donors (Lipinski definition) is 0. The van der Waals surface area contributed by atoms with Crippen molar-refractivity contribution in [2.75, 3.05) is 39.5 Å². The fourth-order valence-corrected chi connectivity index (χ4v) is 2.32. The van der Waals surface area contributed by atoms with Crippen LogP contribution in [0.15, 0.2) is 22.7 Å². The molecule has 0 aliphatic heterocycles. The lowest BCUT2D eigenvalue weighted by Crippen LogP contribution is -2.37. The van der Waals surface area contributed by atoms with E-state index in [1.54, 1.807) is 17.0 Å². The smallest absolute Gasteiger partial charge is 0.258 e. The van der Waals surface area contributed by atoms with Gasteiger partial charge in [0.15, 0.2) is 0 Å². The number of carbonyl (C=O) groups excluding carboxylic acids is 1. The third kappa shape index (κ3) is 5.73. The first-order valence-electron chi connectivity index (χ1n) is 7.00. The molecule has 6 heteroatoms. The normalized spacial score (nSPS) is 10.7. The first kappa shape index (κ1) is 18.1. The molecule has 0 aromatic heterocycles. The van der Waals surface area contributed by atoms with Crippen LogP contribution in [0.4, 0.5) is 4.39 Å². The summed E-state index contributed by atoms with van der Waals surface area (Å²) in [5.41, 5.74) is 0.0468. The molecule has 0 spiro atoms. The number of benzene rings is 1. The Kier molecular flexibility index (Phi) is 8.49. The van der Waals surface area contributed by atoms with Crippen LogP contribution in [-0.4, -0.2) is 50.3 Å². The molecule has 0 saturated heterocycles. The van der Waals surface area contributed by atoms with Gasteiger partial charge >= 0.3 is 0 Å². The Morgan fingerprint density at radius 2 is 1.76 bits per heavy atom. The van der Waals surface area contributed by atoms with Gasteiger partial charge in [-0.3, -0.25) is 4.79 Å². The van der Waals surface area contributed by atoms with E-state index in [1.165, 1.54) is 6.07 Å². The number of halogens is 2. The second kappa shape index (κ2) is 9.87. The largest absolute Gasteiger partial charge is 0.380 e. The number of ether oxygens (including phenoxy) is 2. The van der Waals surface area contributed by atoms with Gasteiger partial charge in [-0.1, -0.05) is 6.07 Å². The predicted molar refractivity (Wildman–Crippen MR) is 83.0 cm³/mol. The van der Waals surface area contributed by atoms with E-state index in [0.29, 0.717) is 44.0 Å². The average molecular weight is 362 g/mol. The van der Waals surface area contributed by atoms with Gasteiger partial charge in [0.1, 0.15) is 5.82 Å². The highest BCUT2D eigenvalue weighted by atomic mass is 79.9. The zero-order chi connectivity index (χ0) is 15.7. The van der Waals surface area contributed by atoms with Crippen molar-refractivity contribution < 1.29 is 18.7 Å². The van der Waals surface area contributed by atoms with Crippen LogP contribution < -0.4 is 0 Å². The SMILES string of the molecule is CCOCCN(CCOCC)C(=O)c1c(F)cccc1Br. The van der Waals surface area contributed by atoms with Crippen molar-refractivity contribution >= 4 is 21.8 Å². The van der Waals surface area contributed by atoms with Gasteiger partial charge in [0.05, 0.1) is 18.8 Å². The Hall–Kier alpha value is -0.980. The Morgan fingerprint density at radius 1 is 1.19 bits per heavy atom. The van der Waals surface area contributed by atoms with Gasteiger partial charge in [-0.25, -0.2) is 4.39 Å². The first-order valence-corrected chi connectivity index (χ1v) is 7.79. The van der Waals surface area contributed by atoms with Gasteiger partial charge in [-0.15, -0.1) is 0 Å². The number of carbonyl (C=O) groups is 1. The van der Waals surface area contributed by atoms with Gasteiger partial charge in [0.25, 0.3) is 5.91 Å². The zero-order valence-corrected chi connectivity index (χ0v) is 14.0. The van der Waals surface area contributed by atoms with E-state index in [1.807, 2.05) is 13.8 Å². The van der Waals surface area contributed by atoms with Crippen LogP contribution in [0.5, 0.6) is 0 Å². The Morgan fingerprint density at radius 3 is 2.24 bits per heavy atom. The number of amides is 1. The van der Waals surface area contributed by atoms with Crippen molar-refractivity contribution in [1.82, 2.24) is 4.90 Å². The molecule has 0 radical (unpaired) electrons. The fourth-order valence-electron chi connectivity index (χ4n) is 1.81. The molecule has 0 atom stereocenters. The Bertz CT molecular complexity index is 426. The van der Waals surface area contributed by atoms with Crippen LogP contribution in [0.3, 0.4) is 0 Å². The molecular formula is C15H21BrFNO3. The van der Waals surface area contributed by atoms with Crippen molar-refractivity contribution in [2.45, 2.75) is 13.8 Å². The van der Waals surface area contributed by atoms with E-state index in [9.17, 15) is 9.18 Å². The van der Waals surface area contributed by atoms with Gasteiger partial charge in [0.2, 0.25) is 0 Å². The van der Waals surface area contributed by atoms with Gasteiger partial charge in [-0.2, -0.15) is 0 Å². The highest BCUT2D eigenvalue weighted by Crippen LogP contribution is 2.21. The molecule has 0 fully saturated rings. The van der Waals surface area contributed by atoms with Crippen molar-refractivity contribution in [1.29, 1.82) is 0 Å². The van der Waals surface area contributed by atoms with E-state index in [2.05, 4.69) is 15.9 Å². The molecule has 4 nitrogen and oxygen atoms in total. The molecule has 1 amide bonds. The molecule has 0 bridgehead atoms. The maximum Gasteiger partial charge on any atom is 0.258 e. The van der Waals surface area contributed by atoms with Crippen LogP contribution in [0, 0.1) is 5.82 Å². The maximum atomic E-state index is 13.9. The molecule has 0 saturated carbocycles. The quantitative estimate of drug-likeness (QED) is 0.634. The Labute approximate surface area is 133 Å². The lowest BCUT2D eigenvalue weighted by atomic mass is 10.2. The molecule has 1 rings (SSSR count). The molecule has 0 unspecified atom stereocenters. The standard InChI is InChI=1S/C15H21BrFNO3/c1-3-20-10-8-18(9-11-21-4-2)15(19)14-12(16)6-5-7-13(14)17/h5-7H,3-4,8-11H2,1-2H3. The van der Waals surface area contributed by atoms with E-state index < -0.39 is 5.82 Å². The number of hydrogen-bond acceptors (Lipinski definition) is 3. The number of nitrogens with zero attached hydrogens (tertiary/aromatic N) is 1. The van der Waals surface area contributed by atoms with Crippen LogP contribution in [0.25, 0.3) is 0 Å². The summed E-state index contributed by atoms with van der Waals surface area (Å²) in [6, 6.07) is 4.49. The predicted octanol–water partition coefficient (Wildman–Crippen LogP) is 3.10. The summed E-state index contributed by atoms with van der Waals surface area (Å²) in [4.78, 5) is 14.1. The van der Waals surface area contributed by atoms with Crippen LogP contribution in [-0.2, 0) is 9.47 Å². The highest BCUT2D eigenvalue weighted by Gasteiger charge is 2.21. The molecule has 0 aliphatic rings. The van der Waals surface area contributed by atoms with Crippen LogP contribution in [0.1, 0.15) is 24.2 Å². The molecule has 118 valence electrons. The lowest BCUT2D eigenvalue weighted by Gasteiger charge is -2.23. The third-order valence-electron chi connectivity index (χ3n) is 2.88.